The van der Waals surface area contributed by atoms with Crippen molar-refractivity contribution < 1.29 is 19.5 Å². The minimum Gasteiger partial charge on any atom is -0.394 e. The van der Waals surface area contributed by atoms with Gasteiger partial charge in [-0.1, -0.05) is 13.8 Å². The third-order valence-electron chi connectivity index (χ3n) is 3.18. The van der Waals surface area contributed by atoms with Crippen LogP contribution in [0.25, 0.3) is 0 Å². The monoisotopic (exact) mass is 300 g/mol. The molecule has 1 heterocycles. The van der Waals surface area contributed by atoms with Gasteiger partial charge in [-0.2, -0.15) is 0 Å². The van der Waals surface area contributed by atoms with Crippen molar-refractivity contribution in [1.82, 2.24) is 20.9 Å². The Morgan fingerprint density at radius 3 is 2.43 bits per heavy atom. The summed E-state index contributed by atoms with van der Waals surface area (Å²) in [5.41, 5.74) is 0. The molecule has 1 rings (SSSR count). The van der Waals surface area contributed by atoms with Crippen LogP contribution in [0.4, 0.5) is 4.79 Å². The highest BCUT2D eigenvalue weighted by Crippen LogP contribution is 2.01. The van der Waals surface area contributed by atoms with Crippen molar-refractivity contribution in [2.24, 2.45) is 0 Å². The van der Waals surface area contributed by atoms with E-state index in [-0.39, 0.29) is 12.5 Å². The molecular formula is C13H24N4O4. The molecule has 21 heavy (non-hydrogen) atoms. The summed E-state index contributed by atoms with van der Waals surface area (Å²) in [6.07, 6.45) is 1.61. The molecule has 8 nitrogen and oxygen atoms in total. The first-order valence-corrected chi connectivity index (χ1v) is 7.27. The third-order valence-corrected chi connectivity index (χ3v) is 3.18. The van der Waals surface area contributed by atoms with Gasteiger partial charge in [0, 0.05) is 19.6 Å². The maximum atomic E-state index is 12.3. The Hall–Kier alpha value is -1.83. The van der Waals surface area contributed by atoms with Crippen LogP contribution in [0.15, 0.2) is 0 Å². The van der Waals surface area contributed by atoms with E-state index in [2.05, 4.69) is 16.0 Å². The van der Waals surface area contributed by atoms with Crippen molar-refractivity contribution in [3.05, 3.63) is 0 Å². The van der Waals surface area contributed by atoms with Crippen molar-refractivity contribution in [2.75, 3.05) is 26.2 Å². The van der Waals surface area contributed by atoms with Crippen molar-refractivity contribution in [3.8, 4) is 0 Å². The van der Waals surface area contributed by atoms with Crippen LogP contribution in [0.1, 0.15) is 26.7 Å². The predicted molar refractivity (Wildman–Crippen MR) is 76.5 cm³/mol. The number of hydrogen-bond donors (Lipinski definition) is 4. The fourth-order valence-electron chi connectivity index (χ4n) is 2.16. The second-order valence-corrected chi connectivity index (χ2v) is 4.98. The lowest BCUT2D eigenvalue weighted by Crippen LogP contribution is -2.55. The number of nitrogens with zero attached hydrogens (tertiary/aromatic N) is 1. The van der Waals surface area contributed by atoms with Crippen LogP contribution in [0, 0.1) is 0 Å². The van der Waals surface area contributed by atoms with Crippen LogP contribution in [0.2, 0.25) is 0 Å². The molecule has 0 bridgehead atoms. The van der Waals surface area contributed by atoms with Crippen LogP contribution >= 0.6 is 0 Å². The lowest BCUT2D eigenvalue weighted by molar-refractivity contribution is -0.138. The molecule has 0 aromatic heterocycles. The van der Waals surface area contributed by atoms with E-state index in [0.29, 0.717) is 13.1 Å². The zero-order valence-electron chi connectivity index (χ0n) is 12.5. The van der Waals surface area contributed by atoms with E-state index < -0.39 is 30.6 Å². The molecule has 1 aliphatic rings. The normalized spacial score (nSPS) is 18.6. The molecule has 120 valence electrons. The lowest BCUT2D eigenvalue weighted by Gasteiger charge is -2.27. The summed E-state index contributed by atoms with van der Waals surface area (Å²) in [6.45, 7) is 4.79. The number of carbonyl (C=O) groups is 3. The zero-order valence-corrected chi connectivity index (χ0v) is 12.5. The van der Waals surface area contributed by atoms with Gasteiger partial charge in [0.2, 0.25) is 11.8 Å². The van der Waals surface area contributed by atoms with Gasteiger partial charge in [0.15, 0.2) is 0 Å². The number of aliphatic hydroxyl groups is 1. The van der Waals surface area contributed by atoms with Crippen molar-refractivity contribution >= 4 is 17.8 Å². The van der Waals surface area contributed by atoms with E-state index in [0.717, 1.165) is 12.8 Å². The summed E-state index contributed by atoms with van der Waals surface area (Å²) in [6, 6.07) is -2.11. The standard InChI is InChI=1S/C13H24N4O4/c1-3-5-17(6-4-2)12(20)10(8-18)15-11(19)9-7-14-13(21)16-9/h9-10,18H,3-8H2,1-2H3,(H,15,19)(H2,14,16,21). The number of urea groups is 1. The molecule has 2 atom stereocenters. The quantitative estimate of drug-likeness (QED) is 0.451. The van der Waals surface area contributed by atoms with Gasteiger partial charge in [-0.15, -0.1) is 0 Å². The number of amides is 4. The van der Waals surface area contributed by atoms with Crippen molar-refractivity contribution in [3.63, 3.8) is 0 Å². The summed E-state index contributed by atoms with van der Waals surface area (Å²) >= 11 is 0. The molecule has 1 aliphatic heterocycles. The first kappa shape index (κ1) is 17.2. The third kappa shape index (κ3) is 4.89. The SMILES string of the molecule is CCCN(CCC)C(=O)C(CO)NC(=O)C1CNC(=O)N1. The van der Waals surface area contributed by atoms with Crippen LogP contribution in [0.5, 0.6) is 0 Å². The maximum Gasteiger partial charge on any atom is 0.315 e. The van der Waals surface area contributed by atoms with E-state index in [1.54, 1.807) is 4.90 Å². The largest absolute Gasteiger partial charge is 0.394 e. The van der Waals surface area contributed by atoms with Gasteiger partial charge in [-0.25, -0.2) is 4.79 Å². The zero-order chi connectivity index (χ0) is 15.8. The number of rotatable bonds is 8. The highest BCUT2D eigenvalue weighted by Gasteiger charge is 2.31. The maximum absolute atomic E-state index is 12.3. The summed E-state index contributed by atoms with van der Waals surface area (Å²) in [4.78, 5) is 36.9. The van der Waals surface area contributed by atoms with Crippen LogP contribution in [0.3, 0.4) is 0 Å². The average Bonchev–Trinajstić information content (AvgIpc) is 2.90. The Morgan fingerprint density at radius 1 is 1.38 bits per heavy atom. The topological polar surface area (TPSA) is 111 Å². The van der Waals surface area contributed by atoms with E-state index in [1.165, 1.54) is 0 Å². The Labute approximate surface area is 124 Å². The fraction of sp³-hybridized carbons (Fsp3) is 0.769. The minimum atomic E-state index is -0.979. The molecule has 4 N–H and O–H groups in total. The first-order valence-electron chi connectivity index (χ1n) is 7.27. The molecule has 1 saturated heterocycles. The number of nitrogens with one attached hydrogen (secondary N) is 3. The van der Waals surface area contributed by atoms with Gasteiger partial charge < -0.3 is 26.0 Å². The minimum absolute atomic E-state index is 0.171. The molecule has 4 amide bonds. The van der Waals surface area contributed by atoms with E-state index in [4.69, 9.17) is 0 Å². The van der Waals surface area contributed by atoms with Gasteiger partial charge in [-0.05, 0) is 12.8 Å². The first-order chi connectivity index (χ1) is 10.0. The van der Waals surface area contributed by atoms with Gasteiger partial charge in [0.25, 0.3) is 0 Å². The predicted octanol–water partition coefficient (Wildman–Crippen LogP) is -1.21. The van der Waals surface area contributed by atoms with Crippen LogP contribution in [-0.2, 0) is 9.59 Å². The molecule has 0 spiro atoms. The van der Waals surface area contributed by atoms with E-state index in [9.17, 15) is 19.5 Å². The average molecular weight is 300 g/mol. The summed E-state index contributed by atoms with van der Waals surface area (Å²) < 4.78 is 0. The van der Waals surface area contributed by atoms with Crippen molar-refractivity contribution in [1.29, 1.82) is 0 Å². The molecular weight excluding hydrogens is 276 g/mol. The van der Waals surface area contributed by atoms with E-state index >= 15 is 0 Å². The fourth-order valence-corrected chi connectivity index (χ4v) is 2.16. The van der Waals surface area contributed by atoms with Gasteiger partial charge in [-0.3, -0.25) is 9.59 Å². The Balaban J connectivity index is 2.61. The number of hydrogen-bond acceptors (Lipinski definition) is 4. The highest BCUT2D eigenvalue weighted by molar-refractivity contribution is 5.93. The summed E-state index contributed by atoms with van der Waals surface area (Å²) in [5.74, 6) is -0.777. The molecule has 8 heteroatoms. The second-order valence-electron chi connectivity index (χ2n) is 4.98. The second kappa shape index (κ2) is 8.46. The Kier molecular flexibility index (Phi) is 6.93. The van der Waals surface area contributed by atoms with Crippen LogP contribution < -0.4 is 16.0 Å². The van der Waals surface area contributed by atoms with E-state index in [1.807, 2.05) is 13.8 Å². The van der Waals surface area contributed by atoms with Gasteiger partial charge >= 0.3 is 6.03 Å². The molecule has 0 aliphatic carbocycles. The molecule has 0 radical (unpaired) electrons. The molecule has 2 unspecified atom stereocenters. The number of carbonyl (C=O) groups excluding carboxylic acids is 3. The molecule has 0 aromatic rings. The lowest BCUT2D eigenvalue weighted by atomic mass is 10.2. The highest BCUT2D eigenvalue weighted by atomic mass is 16.3. The number of aliphatic hydroxyl groups excluding tert-OH is 1. The van der Waals surface area contributed by atoms with Crippen molar-refractivity contribution in [2.45, 2.75) is 38.8 Å². The van der Waals surface area contributed by atoms with Gasteiger partial charge in [0.05, 0.1) is 6.61 Å². The van der Waals surface area contributed by atoms with Crippen LogP contribution in [-0.4, -0.2) is 66.2 Å². The molecule has 0 aromatic carbocycles. The smallest absolute Gasteiger partial charge is 0.315 e. The molecule has 0 saturated carbocycles. The Bertz CT molecular complexity index is 382. The summed E-state index contributed by atoms with van der Waals surface area (Å²) in [7, 11) is 0. The van der Waals surface area contributed by atoms with Gasteiger partial charge in [0.1, 0.15) is 12.1 Å². The Morgan fingerprint density at radius 2 is 2.00 bits per heavy atom. The summed E-state index contributed by atoms with van der Waals surface area (Å²) in [5, 5.41) is 16.8. The molecule has 1 fully saturated rings.